The van der Waals surface area contributed by atoms with Crippen LogP contribution in [0.4, 0.5) is 0 Å². The molecule has 2 saturated carbocycles. The van der Waals surface area contributed by atoms with E-state index in [0.717, 1.165) is 19.3 Å². The van der Waals surface area contributed by atoms with Crippen LogP contribution in [0, 0.1) is 0 Å². The minimum atomic E-state index is -0.0741. The summed E-state index contributed by atoms with van der Waals surface area (Å²) in [5, 5.41) is 0. The summed E-state index contributed by atoms with van der Waals surface area (Å²) in [6.45, 7) is 0. The average Bonchev–Trinajstić information content (AvgIpc) is 3.21. The molecule has 0 atom stereocenters. The van der Waals surface area contributed by atoms with Crippen molar-refractivity contribution in [3.63, 3.8) is 0 Å². The first-order valence-electron chi connectivity index (χ1n) is 7.59. The summed E-state index contributed by atoms with van der Waals surface area (Å²) < 4.78 is 5.59. The molecule has 0 unspecified atom stereocenters. The second kappa shape index (κ2) is 4.92. The molecular formula is C17H25NO. The molecule has 3 rings (SSSR count). The quantitative estimate of drug-likeness (QED) is 0.898. The number of rotatable bonds is 4. The van der Waals surface area contributed by atoms with Crippen LogP contribution in [0.15, 0.2) is 24.3 Å². The molecule has 104 valence electrons. The summed E-state index contributed by atoms with van der Waals surface area (Å²) in [5.41, 5.74) is 9.34. The largest absolute Gasteiger partial charge is 0.378 e. The van der Waals surface area contributed by atoms with Crippen molar-refractivity contribution in [3.05, 3.63) is 35.4 Å². The zero-order valence-corrected chi connectivity index (χ0v) is 12.0. The van der Waals surface area contributed by atoms with Crippen molar-refractivity contribution in [2.45, 2.75) is 62.5 Å². The van der Waals surface area contributed by atoms with E-state index in [0.29, 0.717) is 0 Å². The molecule has 0 heterocycles. The fraction of sp³-hybridized carbons (Fsp3) is 0.647. The molecule has 2 N–H and O–H groups in total. The Hall–Kier alpha value is -0.860. The highest BCUT2D eigenvalue weighted by atomic mass is 16.5. The third-order valence-electron chi connectivity index (χ3n) is 5.04. The number of hydrogen-bond acceptors (Lipinski definition) is 2. The number of benzene rings is 1. The Kier molecular flexibility index (Phi) is 3.40. The van der Waals surface area contributed by atoms with Gasteiger partial charge in [0, 0.05) is 19.1 Å². The minimum absolute atomic E-state index is 0.0741. The maximum absolute atomic E-state index is 6.57. The van der Waals surface area contributed by atoms with Crippen LogP contribution in [0.2, 0.25) is 0 Å². The van der Waals surface area contributed by atoms with Crippen molar-refractivity contribution in [3.8, 4) is 0 Å². The highest BCUT2D eigenvalue weighted by Gasteiger charge is 2.42. The second-order valence-electron chi connectivity index (χ2n) is 6.48. The molecule has 0 radical (unpaired) electrons. The van der Waals surface area contributed by atoms with Crippen molar-refractivity contribution in [2.75, 3.05) is 7.11 Å². The Morgan fingerprint density at radius 3 is 2.16 bits per heavy atom. The Balaban J connectivity index is 1.71. The van der Waals surface area contributed by atoms with Crippen LogP contribution in [0.25, 0.3) is 0 Å². The lowest BCUT2D eigenvalue weighted by atomic mass is 9.77. The molecule has 2 nitrogen and oxygen atoms in total. The fourth-order valence-electron chi connectivity index (χ4n) is 3.39. The van der Waals surface area contributed by atoms with E-state index >= 15 is 0 Å². The number of ether oxygens (including phenoxy) is 1. The van der Waals surface area contributed by atoms with Crippen molar-refractivity contribution in [2.24, 2.45) is 5.73 Å². The van der Waals surface area contributed by atoms with Crippen LogP contribution in [-0.2, 0) is 16.7 Å². The van der Waals surface area contributed by atoms with E-state index in [-0.39, 0.29) is 11.1 Å². The van der Waals surface area contributed by atoms with E-state index in [9.17, 15) is 0 Å². The Morgan fingerprint density at radius 2 is 1.63 bits per heavy atom. The summed E-state index contributed by atoms with van der Waals surface area (Å²) in [4.78, 5) is 0. The number of nitrogens with two attached hydrogens (primary N) is 1. The maximum Gasteiger partial charge on any atom is 0.0721 e. The zero-order valence-electron chi connectivity index (χ0n) is 12.0. The first kappa shape index (κ1) is 13.1. The van der Waals surface area contributed by atoms with Crippen molar-refractivity contribution >= 4 is 0 Å². The lowest BCUT2D eigenvalue weighted by Crippen LogP contribution is -2.38. The molecular weight excluding hydrogens is 234 g/mol. The average molecular weight is 259 g/mol. The van der Waals surface area contributed by atoms with Crippen LogP contribution >= 0.6 is 0 Å². The van der Waals surface area contributed by atoms with Gasteiger partial charge in [-0.2, -0.15) is 0 Å². The van der Waals surface area contributed by atoms with Gasteiger partial charge >= 0.3 is 0 Å². The molecule has 0 aliphatic heterocycles. The molecule has 0 amide bonds. The van der Waals surface area contributed by atoms with E-state index in [1.54, 1.807) is 0 Å². The number of hydrogen-bond donors (Lipinski definition) is 1. The van der Waals surface area contributed by atoms with Gasteiger partial charge in [0.25, 0.3) is 0 Å². The fourth-order valence-corrected chi connectivity index (χ4v) is 3.39. The van der Waals surface area contributed by atoms with Gasteiger partial charge in [0.15, 0.2) is 0 Å². The monoisotopic (exact) mass is 259 g/mol. The van der Waals surface area contributed by atoms with Crippen molar-refractivity contribution in [1.29, 1.82) is 0 Å². The Labute approximate surface area is 116 Å². The first-order valence-corrected chi connectivity index (χ1v) is 7.59. The van der Waals surface area contributed by atoms with Crippen molar-refractivity contribution in [1.82, 2.24) is 0 Å². The third-order valence-corrected chi connectivity index (χ3v) is 5.04. The van der Waals surface area contributed by atoms with Gasteiger partial charge in [0.1, 0.15) is 0 Å². The van der Waals surface area contributed by atoms with Crippen LogP contribution in [-0.4, -0.2) is 12.7 Å². The summed E-state index contributed by atoms with van der Waals surface area (Å²) in [7, 11) is 1.83. The van der Waals surface area contributed by atoms with Gasteiger partial charge in [0.05, 0.1) is 5.60 Å². The van der Waals surface area contributed by atoms with E-state index in [4.69, 9.17) is 10.5 Å². The van der Waals surface area contributed by atoms with Crippen LogP contribution in [0.3, 0.4) is 0 Å². The first-order chi connectivity index (χ1) is 9.16. The molecule has 2 aliphatic rings. The van der Waals surface area contributed by atoms with Gasteiger partial charge in [0.2, 0.25) is 0 Å². The third kappa shape index (κ3) is 2.70. The summed E-state index contributed by atoms with van der Waals surface area (Å²) in [5.74, 6) is 0. The maximum atomic E-state index is 6.57. The minimum Gasteiger partial charge on any atom is -0.378 e. The van der Waals surface area contributed by atoms with Crippen molar-refractivity contribution < 1.29 is 4.74 Å². The smallest absolute Gasteiger partial charge is 0.0721 e. The van der Waals surface area contributed by atoms with E-state index in [1.165, 1.54) is 43.2 Å². The SMILES string of the molecule is COC1(Cc2ccc(C3(N)CCCCC3)cc2)CC1. The lowest BCUT2D eigenvalue weighted by molar-refractivity contribution is 0.0807. The van der Waals surface area contributed by atoms with Gasteiger partial charge in [-0.3, -0.25) is 0 Å². The molecule has 0 aromatic heterocycles. The topological polar surface area (TPSA) is 35.2 Å². The van der Waals surface area contributed by atoms with Gasteiger partial charge in [-0.25, -0.2) is 0 Å². The van der Waals surface area contributed by atoms with Crippen LogP contribution < -0.4 is 5.73 Å². The molecule has 2 aliphatic carbocycles. The standard InChI is InChI=1S/C17H25NO/c1-19-16(11-12-16)13-14-5-7-15(8-6-14)17(18)9-3-2-4-10-17/h5-8H,2-4,9-13,18H2,1H3. The molecule has 1 aromatic rings. The van der Waals surface area contributed by atoms with Gasteiger partial charge in [-0.05, 0) is 36.8 Å². The molecule has 0 saturated heterocycles. The van der Waals surface area contributed by atoms with E-state index < -0.39 is 0 Å². The number of methoxy groups -OCH3 is 1. The van der Waals surface area contributed by atoms with Gasteiger partial charge in [-0.1, -0.05) is 43.5 Å². The zero-order chi connectivity index (χ0) is 13.3. The van der Waals surface area contributed by atoms with Crippen LogP contribution in [0.1, 0.15) is 56.1 Å². The Morgan fingerprint density at radius 1 is 1.00 bits per heavy atom. The van der Waals surface area contributed by atoms with E-state index in [2.05, 4.69) is 24.3 Å². The Bertz CT molecular complexity index is 427. The van der Waals surface area contributed by atoms with E-state index in [1.807, 2.05) is 7.11 Å². The molecule has 0 bridgehead atoms. The lowest BCUT2D eigenvalue weighted by Gasteiger charge is -2.34. The molecule has 19 heavy (non-hydrogen) atoms. The molecule has 1 aromatic carbocycles. The van der Waals surface area contributed by atoms with Crippen LogP contribution in [0.5, 0.6) is 0 Å². The van der Waals surface area contributed by atoms with Gasteiger partial charge < -0.3 is 10.5 Å². The highest BCUT2D eigenvalue weighted by molar-refractivity contribution is 5.30. The summed E-state index contributed by atoms with van der Waals surface area (Å²) >= 11 is 0. The summed E-state index contributed by atoms with van der Waals surface area (Å²) in [6, 6.07) is 8.98. The molecule has 2 fully saturated rings. The molecule has 0 spiro atoms. The molecule has 2 heteroatoms. The predicted octanol–water partition coefficient (Wildman–Crippen LogP) is 3.53. The normalized spacial score (nSPS) is 24.1. The van der Waals surface area contributed by atoms with Gasteiger partial charge in [-0.15, -0.1) is 0 Å². The summed E-state index contributed by atoms with van der Waals surface area (Å²) in [6.07, 6.45) is 9.59. The predicted molar refractivity (Wildman–Crippen MR) is 78.1 cm³/mol. The highest BCUT2D eigenvalue weighted by Crippen LogP contribution is 2.42. The second-order valence-corrected chi connectivity index (χ2v) is 6.48.